The molecule has 4 aliphatic rings. The molecule has 0 radical (unpaired) electrons. The number of phosphoric ester groups is 2. The van der Waals surface area contributed by atoms with Crippen molar-refractivity contribution < 1.29 is 119 Å². The first kappa shape index (κ1) is 123. The van der Waals surface area contributed by atoms with Crippen LogP contribution in [0.4, 0.5) is 41.1 Å². The number of ether oxygens (including phenoxy) is 2. The summed E-state index contributed by atoms with van der Waals surface area (Å²) >= 11 is 0. The molecule has 0 fully saturated rings. The van der Waals surface area contributed by atoms with Crippen LogP contribution in [0.2, 0.25) is 0 Å². The summed E-state index contributed by atoms with van der Waals surface area (Å²) in [4.78, 5) is 147. The lowest BCUT2D eigenvalue weighted by atomic mass is 9.81. The number of fused-ring (bicyclic) bond motifs is 4. The topological polar surface area (TPSA) is 497 Å². The first-order valence-corrected chi connectivity index (χ1v) is 53.8. The number of unbranched alkanes of at least 4 members (excludes halogenated alkanes) is 7. The molecule has 0 bridgehead atoms. The van der Waals surface area contributed by atoms with Crippen molar-refractivity contribution in [2.24, 2.45) is 17.2 Å². The molecule has 0 spiro atoms. The normalized spacial score (nSPS) is 16.2. The van der Waals surface area contributed by atoms with Crippen molar-refractivity contribution in [1.82, 2.24) is 26.6 Å². The quantitative estimate of drug-likeness (QED) is 0.00730. The molecule has 149 heavy (non-hydrogen) atoms. The van der Waals surface area contributed by atoms with Gasteiger partial charge < -0.3 is 82.3 Å². The number of amides is 5. The molecule has 0 aromatic heterocycles. The second-order valence-corrected chi connectivity index (χ2v) is 43.4. The summed E-state index contributed by atoms with van der Waals surface area (Å²) in [5.41, 5.74) is 29.5. The molecule has 812 valence electrons. The average molecular weight is 2110 g/mol. The van der Waals surface area contributed by atoms with Crippen LogP contribution in [-0.2, 0) is 73.8 Å². The number of halogens is 2. The number of anilines is 2. The highest BCUT2D eigenvalue weighted by Crippen LogP contribution is 2.51. The first-order chi connectivity index (χ1) is 70.1. The molecular formula is C112H156F2N12O21P2+2. The number of nitrogens with two attached hydrogens (primary N) is 3. The molecule has 37 heteroatoms. The van der Waals surface area contributed by atoms with E-state index in [0.29, 0.717) is 77.4 Å². The number of benzene rings is 6. The van der Waals surface area contributed by atoms with Crippen molar-refractivity contribution in [1.29, 1.82) is 0 Å². The number of ketones is 2. The van der Waals surface area contributed by atoms with E-state index in [1.54, 1.807) is 41.5 Å². The number of rotatable bonds is 50. The van der Waals surface area contributed by atoms with Crippen molar-refractivity contribution in [3.8, 4) is 11.5 Å². The molecular weight excluding hydrogens is 1950 g/mol. The van der Waals surface area contributed by atoms with Gasteiger partial charge in [-0.3, -0.25) is 43.5 Å². The molecule has 17 N–H and O–H groups in total. The zero-order valence-corrected chi connectivity index (χ0v) is 90.7. The number of Topliss-reactive ketones (excluding diaryl/α,β-unsaturated/α-hetero) is 2. The molecule has 6 aromatic carbocycles. The fourth-order valence-corrected chi connectivity index (χ4v) is 19.0. The molecule has 5 unspecified atom stereocenters. The number of hydrogen-bond acceptors (Lipinski definition) is 20. The van der Waals surface area contributed by atoms with E-state index in [2.05, 4.69) is 282 Å². The molecule has 10 rings (SSSR count). The fourth-order valence-electron chi connectivity index (χ4n) is 18.2. The van der Waals surface area contributed by atoms with Crippen molar-refractivity contribution in [2.45, 2.75) is 282 Å². The number of carboxylic acid groups (broad SMARTS) is 2. The number of nitrogens with one attached hydrogen (secondary N) is 5. The van der Waals surface area contributed by atoms with Gasteiger partial charge in [0.05, 0.1) is 16.9 Å². The Kier molecular flexibility index (Phi) is 47.7. The number of aliphatic carboxylic acids is 2. The fraction of sp³-hybridized carbons (Fsp3) is 0.473. The maximum Gasteiger partial charge on any atom is 0.524 e. The van der Waals surface area contributed by atoms with Gasteiger partial charge in [0.15, 0.2) is 35.3 Å². The minimum Gasteiger partial charge on any atom is -0.480 e. The van der Waals surface area contributed by atoms with Gasteiger partial charge in [0.25, 0.3) is 0 Å². The Hall–Kier alpha value is -12.4. The highest BCUT2D eigenvalue weighted by molar-refractivity contribution is 7.47. The highest BCUT2D eigenvalue weighted by atomic mass is 31.2. The number of carboxylic acids is 2. The summed E-state index contributed by atoms with van der Waals surface area (Å²) in [5.74, 6) is -5.12. The van der Waals surface area contributed by atoms with Crippen LogP contribution in [0.15, 0.2) is 218 Å². The van der Waals surface area contributed by atoms with Gasteiger partial charge in [-0.15, -0.1) is 0 Å². The molecule has 6 aromatic rings. The zero-order chi connectivity index (χ0) is 110. The second kappa shape index (κ2) is 57.5. The molecule has 5 amide bonds. The second-order valence-electron chi connectivity index (χ2n) is 41.1. The van der Waals surface area contributed by atoms with E-state index >= 15 is 0 Å². The largest absolute Gasteiger partial charge is 0.524 e. The minimum absolute atomic E-state index is 0.000764. The van der Waals surface area contributed by atoms with Gasteiger partial charge in [0.2, 0.25) is 29.1 Å². The van der Waals surface area contributed by atoms with Crippen LogP contribution in [-0.4, -0.2) is 193 Å². The van der Waals surface area contributed by atoms with Crippen molar-refractivity contribution in [3.63, 3.8) is 0 Å². The molecule has 4 aliphatic heterocycles. The van der Waals surface area contributed by atoms with Gasteiger partial charge in [-0.05, 0) is 213 Å². The lowest BCUT2D eigenvalue weighted by Crippen LogP contribution is -2.43. The SMILES string of the molecule is CC(C)(C)OC(=O)NC(CCCCN)C(=O)O.C[N+]1=C(C=CC=CC=C2N(CCCCCC(=O)NCCCCC(N)C(=O)NCCC(=O)C(F)c3ccccc3OP(=O)(O)O)c3ccccc3C2(C)C)C(C)(C)c2ccccc21.C[N+]1=C(C=CC=CC=C2N(CCCCCC(=O)NCCCCC(NC(=O)OC(C)(C)C)C(=O)O)c3ccccc3C2(C)C)C(C)(C)c2ccccc21.NCCC(=O)C(F)c1ccccc1OP(=O)(O)O. The van der Waals surface area contributed by atoms with E-state index in [9.17, 15) is 66.2 Å². The molecule has 0 saturated heterocycles. The molecule has 0 aliphatic carbocycles. The van der Waals surface area contributed by atoms with E-state index in [4.69, 9.17) is 51.4 Å². The maximum absolute atomic E-state index is 14.9. The van der Waals surface area contributed by atoms with Crippen LogP contribution >= 0.6 is 15.6 Å². The van der Waals surface area contributed by atoms with Crippen LogP contribution in [0.5, 0.6) is 11.5 Å². The van der Waals surface area contributed by atoms with E-state index < -0.39 is 105 Å². The molecule has 0 saturated carbocycles. The Morgan fingerprint density at radius 3 is 1.16 bits per heavy atom. The summed E-state index contributed by atoms with van der Waals surface area (Å²) in [6.45, 7) is 31.5. The Labute approximate surface area is 875 Å². The van der Waals surface area contributed by atoms with Gasteiger partial charge in [0, 0.05) is 139 Å². The minimum atomic E-state index is -4.96. The Bertz CT molecular complexity index is 5940. The standard InChI is InChI=1S/C48H61FN5O7P.C43H58N4O5.C11H22N2O4.C10H13FNO5P/c1-47(2)35-21-12-14-24-38(35)53(5)42(47)27-8-6-9-28-43-48(3,4)36-22-13-15-25-39(36)54(43)33-19-7-10-29-44(56)51-31-18-17-23-37(50)46(57)52-32-30-40(55)45(49)34-20-11-16-26-41(34)61-62(58,59)60;1-41(2,3)52-40(51)45-33(39(49)50)23-18-19-29-44-38(48)28-13-10-20-30-47-35-25-17-15-22-32(35)43(6,7)37(47)27-12-9-11-26-36-42(4,5)31-21-14-16-24-34(31)46(36)8;1-11(2,3)17-10(16)13-8(9(14)15)6-4-5-7-12;11-10(8(13)5-6-12)7-3-1-2-4-9(7)17-18(14,15)16/h6,8-9,11-16,20-22,24-28,37,45H,7,10,17-19,23,29-33,50H2,1-5H3,(H3-,51,52,56,57,58,59,60);9,11-12,14-17,21-22,24-27,33H,10,13,18-20,23,28-30H2,1-8H3,(H2-,44,45,48,49,50,51);8H,4-7,12H2,1-3H3,(H,13,16)(H,14,15);1-4,10H,5-6,12H2,(H2,14,15,16)/p+2. The van der Waals surface area contributed by atoms with Crippen molar-refractivity contribution in [2.75, 3.05) is 69.7 Å². The zero-order valence-electron chi connectivity index (χ0n) is 88.9. The summed E-state index contributed by atoms with van der Waals surface area (Å²) < 4.78 is 74.1. The predicted molar refractivity (Wildman–Crippen MR) is 577 cm³/mol. The lowest BCUT2D eigenvalue weighted by molar-refractivity contribution is -0.401. The lowest BCUT2D eigenvalue weighted by Gasteiger charge is -2.27. The summed E-state index contributed by atoms with van der Waals surface area (Å²) in [6.07, 6.45) is 26.4. The number of hydrogen-bond donors (Lipinski definition) is 14. The van der Waals surface area contributed by atoms with Gasteiger partial charge in [-0.25, -0.2) is 37.1 Å². The van der Waals surface area contributed by atoms with Gasteiger partial charge >= 0.3 is 39.8 Å². The number of alkyl halides is 2. The van der Waals surface area contributed by atoms with E-state index in [1.807, 2.05) is 0 Å². The van der Waals surface area contributed by atoms with Crippen LogP contribution < -0.4 is 62.6 Å². The number of phosphoric acid groups is 2. The number of carbonyl (C=O) groups excluding carboxylic acids is 7. The van der Waals surface area contributed by atoms with E-state index in [-0.39, 0.29) is 82.7 Å². The maximum atomic E-state index is 14.9. The molecule has 4 heterocycles. The smallest absolute Gasteiger partial charge is 0.480 e. The summed E-state index contributed by atoms with van der Waals surface area (Å²) in [7, 11) is -5.50. The Morgan fingerprint density at radius 1 is 0.423 bits per heavy atom. The number of carbonyl (C=O) groups is 9. The molecule has 33 nitrogen and oxygen atoms in total. The monoisotopic (exact) mass is 2110 g/mol. The van der Waals surface area contributed by atoms with Crippen LogP contribution in [0, 0.1) is 0 Å². The van der Waals surface area contributed by atoms with Gasteiger partial charge in [-0.2, -0.15) is 9.15 Å². The number of para-hydroxylation sites is 6. The van der Waals surface area contributed by atoms with Crippen LogP contribution in [0.3, 0.4) is 0 Å². The third-order valence-electron chi connectivity index (χ3n) is 25.7. The first-order valence-electron chi connectivity index (χ1n) is 50.8. The summed E-state index contributed by atoms with van der Waals surface area (Å²) in [5, 5.41) is 31.5. The van der Waals surface area contributed by atoms with Crippen LogP contribution in [0.1, 0.15) is 265 Å². The Balaban J connectivity index is 0.000000307. The van der Waals surface area contributed by atoms with Crippen molar-refractivity contribution >= 4 is 103 Å². The number of allylic oxidation sites excluding steroid dienone is 12. The van der Waals surface area contributed by atoms with Crippen molar-refractivity contribution in [3.05, 3.63) is 251 Å². The van der Waals surface area contributed by atoms with Gasteiger partial charge in [-0.1, -0.05) is 186 Å². The third kappa shape index (κ3) is 38.2. The van der Waals surface area contributed by atoms with Crippen LogP contribution in [0.25, 0.3) is 0 Å². The average Bonchev–Trinajstić information content (AvgIpc) is 1.61. The number of alkyl carbamates (subject to hydrolysis) is 2. The van der Waals surface area contributed by atoms with E-state index in [0.717, 1.165) is 64.1 Å². The van der Waals surface area contributed by atoms with Gasteiger partial charge in [0.1, 0.15) is 48.9 Å². The summed E-state index contributed by atoms with van der Waals surface area (Å²) in [6, 6.07) is 42.0. The predicted octanol–water partition coefficient (Wildman–Crippen LogP) is 18.4. The highest BCUT2D eigenvalue weighted by Gasteiger charge is 2.46. The number of nitrogens with zero attached hydrogens (tertiary/aromatic N) is 4. The third-order valence-corrected chi connectivity index (χ3v) is 26.6. The van der Waals surface area contributed by atoms with E-state index in [1.165, 1.54) is 110 Å². The molecule has 5 atom stereocenters. The Morgan fingerprint density at radius 2 is 0.785 bits per heavy atom.